The van der Waals surface area contributed by atoms with E-state index in [1.165, 1.54) is 0 Å². The predicted molar refractivity (Wildman–Crippen MR) is 70.2 cm³/mol. The molecule has 1 saturated heterocycles. The second kappa shape index (κ2) is 4.46. The largest absolute Gasteiger partial charge is 0.311 e. The zero-order chi connectivity index (χ0) is 12.5. The van der Waals surface area contributed by atoms with Gasteiger partial charge in [-0.3, -0.25) is 4.79 Å². The summed E-state index contributed by atoms with van der Waals surface area (Å²) >= 11 is 5.99. The molecule has 1 amide bonds. The van der Waals surface area contributed by atoms with Gasteiger partial charge in [-0.2, -0.15) is 0 Å². The third-order valence-corrected chi connectivity index (χ3v) is 3.33. The van der Waals surface area contributed by atoms with Crippen LogP contribution in [-0.2, 0) is 4.79 Å². The fourth-order valence-electron chi connectivity index (χ4n) is 2.13. The smallest absolute Gasteiger partial charge is 0.228 e. The molecule has 3 rings (SSSR count). The standard InChI is InChI=1S/C13H12ClN3O/c14-10-7-13(18)17(8-10)12-3-1-11(2-4-12)16-6-5-15-9-16/h1-6,9-10H,7-8H2. The van der Waals surface area contributed by atoms with Crippen molar-refractivity contribution >= 4 is 23.2 Å². The molecule has 4 nitrogen and oxygen atoms in total. The Labute approximate surface area is 110 Å². The van der Waals surface area contributed by atoms with Crippen LogP contribution in [0.15, 0.2) is 43.0 Å². The highest BCUT2D eigenvalue weighted by Gasteiger charge is 2.28. The summed E-state index contributed by atoms with van der Waals surface area (Å²) in [5.74, 6) is 0.0883. The van der Waals surface area contributed by atoms with Crippen LogP contribution < -0.4 is 4.90 Å². The van der Waals surface area contributed by atoms with Crippen LogP contribution in [0, 0.1) is 0 Å². The number of carbonyl (C=O) groups excluding carboxylic acids is 1. The Hall–Kier alpha value is -1.81. The van der Waals surface area contributed by atoms with Gasteiger partial charge in [0.05, 0.1) is 11.7 Å². The number of alkyl halides is 1. The molecular weight excluding hydrogens is 250 g/mol. The number of benzene rings is 1. The summed E-state index contributed by atoms with van der Waals surface area (Å²) in [6.45, 7) is 0.588. The highest BCUT2D eigenvalue weighted by atomic mass is 35.5. The lowest BCUT2D eigenvalue weighted by atomic mass is 10.2. The fourth-order valence-corrected chi connectivity index (χ4v) is 2.40. The molecular formula is C13H12ClN3O. The highest BCUT2D eigenvalue weighted by molar-refractivity contribution is 6.24. The molecule has 0 spiro atoms. The van der Waals surface area contributed by atoms with Gasteiger partial charge in [0.2, 0.25) is 5.91 Å². The van der Waals surface area contributed by atoms with E-state index in [0.29, 0.717) is 13.0 Å². The molecule has 2 aromatic rings. The Bertz CT molecular complexity index is 550. The predicted octanol–water partition coefficient (Wildman–Crippen LogP) is 2.22. The maximum Gasteiger partial charge on any atom is 0.228 e. The maximum atomic E-state index is 11.7. The highest BCUT2D eigenvalue weighted by Crippen LogP contribution is 2.25. The first-order valence-electron chi connectivity index (χ1n) is 5.77. The number of hydrogen-bond donors (Lipinski definition) is 0. The summed E-state index contributed by atoms with van der Waals surface area (Å²) in [6, 6.07) is 7.79. The van der Waals surface area contributed by atoms with Crippen molar-refractivity contribution in [1.29, 1.82) is 0 Å². The quantitative estimate of drug-likeness (QED) is 0.778. The van der Waals surface area contributed by atoms with Crippen LogP contribution in [0.4, 0.5) is 5.69 Å². The van der Waals surface area contributed by atoms with Gasteiger partial charge in [0.1, 0.15) is 0 Å². The van der Waals surface area contributed by atoms with Gasteiger partial charge in [-0.15, -0.1) is 11.6 Å². The fraction of sp³-hybridized carbons (Fsp3) is 0.231. The molecule has 5 heteroatoms. The van der Waals surface area contributed by atoms with Crippen molar-refractivity contribution in [3.05, 3.63) is 43.0 Å². The van der Waals surface area contributed by atoms with Crippen molar-refractivity contribution < 1.29 is 4.79 Å². The maximum absolute atomic E-state index is 11.7. The number of rotatable bonds is 2. The van der Waals surface area contributed by atoms with E-state index in [-0.39, 0.29) is 11.3 Å². The number of hydrogen-bond acceptors (Lipinski definition) is 2. The van der Waals surface area contributed by atoms with Crippen LogP contribution in [0.25, 0.3) is 5.69 Å². The Balaban J connectivity index is 1.85. The first-order valence-corrected chi connectivity index (χ1v) is 6.20. The van der Waals surface area contributed by atoms with Crippen LogP contribution in [0.2, 0.25) is 0 Å². The van der Waals surface area contributed by atoms with Gasteiger partial charge in [-0.1, -0.05) is 0 Å². The minimum absolute atomic E-state index is 0.0779. The number of aromatic nitrogens is 2. The minimum atomic E-state index is -0.0779. The number of carbonyl (C=O) groups is 1. The SMILES string of the molecule is O=C1CC(Cl)CN1c1ccc(-n2ccnc2)cc1. The average molecular weight is 262 g/mol. The van der Waals surface area contributed by atoms with E-state index in [1.54, 1.807) is 17.4 Å². The van der Waals surface area contributed by atoms with Crippen LogP contribution in [0.1, 0.15) is 6.42 Å². The topological polar surface area (TPSA) is 38.1 Å². The summed E-state index contributed by atoms with van der Waals surface area (Å²) < 4.78 is 1.92. The van der Waals surface area contributed by atoms with E-state index < -0.39 is 0 Å². The lowest BCUT2D eigenvalue weighted by Crippen LogP contribution is -2.24. The number of halogens is 1. The van der Waals surface area contributed by atoms with Crippen LogP contribution in [0.5, 0.6) is 0 Å². The normalized spacial score (nSPS) is 19.5. The van der Waals surface area contributed by atoms with Crippen molar-refractivity contribution in [1.82, 2.24) is 9.55 Å². The molecule has 0 saturated carbocycles. The summed E-state index contributed by atoms with van der Waals surface area (Å²) in [5, 5.41) is -0.0779. The molecule has 0 N–H and O–H groups in total. The van der Waals surface area contributed by atoms with E-state index in [2.05, 4.69) is 4.98 Å². The van der Waals surface area contributed by atoms with Crippen LogP contribution in [-0.4, -0.2) is 27.4 Å². The molecule has 2 heterocycles. The lowest BCUT2D eigenvalue weighted by Gasteiger charge is -2.16. The number of imidazole rings is 1. The van der Waals surface area contributed by atoms with Gasteiger partial charge in [0.25, 0.3) is 0 Å². The third kappa shape index (κ3) is 1.99. The number of nitrogens with zero attached hydrogens (tertiary/aromatic N) is 3. The van der Waals surface area contributed by atoms with Crippen molar-refractivity contribution in [2.75, 3.05) is 11.4 Å². The Morgan fingerprint density at radius 1 is 1.22 bits per heavy atom. The Kier molecular flexibility index (Phi) is 2.80. The molecule has 1 aliphatic rings. The van der Waals surface area contributed by atoms with Gasteiger partial charge >= 0.3 is 0 Å². The van der Waals surface area contributed by atoms with E-state index in [9.17, 15) is 4.79 Å². The Morgan fingerprint density at radius 2 is 1.94 bits per heavy atom. The van der Waals surface area contributed by atoms with Gasteiger partial charge in [0, 0.05) is 36.7 Å². The summed E-state index contributed by atoms with van der Waals surface area (Å²) in [7, 11) is 0. The second-order valence-electron chi connectivity index (χ2n) is 4.29. The molecule has 1 aromatic carbocycles. The molecule has 1 fully saturated rings. The second-order valence-corrected chi connectivity index (χ2v) is 4.91. The summed E-state index contributed by atoms with van der Waals surface area (Å²) in [4.78, 5) is 17.5. The zero-order valence-electron chi connectivity index (χ0n) is 9.66. The molecule has 0 radical (unpaired) electrons. The summed E-state index contributed by atoms with van der Waals surface area (Å²) in [5.41, 5.74) is 1.91. The van der Waals surface area contributed by atoms with E-state index in [1.807, 2.05) is 35.0 Å². The van der Waals surface area contributed by atoms with Crippen molar-refractivity contribution in [2.45, 2.75) is 11.8 Å². The molecule has 0 aliphatic carbocycles. The van der Waals surface area contributed by atoms with Gasteiger partial charge in [-0.25, -0.2) is 4.98 Å². The van der Waals surface area contributed by atoms with Gasteiger partial charge in [-0.05, 0) is 24.3 Å². The molecule has 1 unspecified atom stereocenters. The summed E-state index contributed by atoms with van der Waals surface area (Å²) in [6.07, 6.45) is 5.77. The van der Waals surface area contributed by atoms with Crippen molar-refractivity contribution in [2.24, 2.45) is 0 Å². The average Bonchev–Trinajstić information content (AvgIpc) is 2.99. The monoisotopic (exact) mass is 261 g/mol. The van der Waals surface area contributed by atoms with Crippen LogP contribution >= 0.6 is 11.6 Å². The first-order chi connectivity index (χ1) is 8.74. The van der Waals surface area contributed by atoms with E-state index in [4.69, 9.17) is 11.6 Å². The number of amides is 1. The molecule has 0 bridgehead atoms. The lowest BCUT2D eigenvalue weighted by molar-refractivity contribution is -0.117. The minimum Gasteiger partial charge on any atom is -0.311 e. The number of anilines is 1. The Morgan fingerprint density at radius 3 is 2.50 bits per heavy atom. The molecule has 18 heavy (non-hydrogen) atoms. The first kappa shape index (κ1) is 11.3. The van der Waals surface area contributed by atoms with E-state index in [0.717, 1.165) is 11.4 Å². The van der Waals surface area contributed by atoms with Crippen molar-refractivity contribution in [3.63, 3.8) is 0 Å². The van der Waals surface area contributed by atoms with E-state index >= 15 is 0 Å². The molecule has 1 aromatic heterocycles. The zero-order valence-corrected chi connectivity index (χ0v) is 10.4. The molecule has 1 aliphatic heterocycles. The van der Waals surface area contributed by atoms with Crippen LogP contribution in [0.3, 0.4) is 0 Å². The van der Waals surface area contributed by atoms with Gasteiger partial charge in [0.15, 0.2) is 0 Å². The third-order valence-electron chi connectivity index (χ3n) is 3.04. The van der Waals surface area contributed by atoms with Crippen molar-refractivity contribution in [3.8, 4) is 5.69 Å². The molecule has 92 valence electrons. The molecule has 1 atom stereocenters. The van der Waals surface area contributed by atoms with Gasteiger partial charge < -0.3 is 9.47 Å².